The third kappa shape index (κ3) is 1.94. The smallest absolute Gasteiger partial charge is 0.328 e. The minimum absolute atomic E-state index is 0.0658. The number of hydrogen-bond donors (Lipinski definition) is 1. The van der Waals surface area contributed by atoms with Gasteiger partial charge in [-0.15, -0.1) is 0 Å². The van der Waals surface area contributed by atoms with E-state index in [2.05, 4.69) is 5.32 Å². The Balaban J connectivity index is 1.92. The zero-order valence-electron chi connectivity index (χ0n) is 11.5. The molecular weight excluding hydrogens is 256 g/mol. The van der Waals surface area contributed by atoms with Gasteiger partial charge in [0.05, 0.1) is 18.2 Å². The molecule has 2 aliphatic rings. The van der Waals surface area contributed by atoms with Gasteiger partial charge in [0.15, 0.2) is 0 Å². The SMILES string of the molecule is COc1ccc(N2C(=O)NCC3(CCCC3)C2=O)cc1. The Bertz CT molecular complexity index is 533. The Morgan fingerprint density at radius 3 is 2.40 bits per heavy atom. The number of carbonyl (C=O) groups excluding carboxylic acids is 2. The predicted octanol–water partition coefficient (Wildman–Crippen LogP) is 2.31. The van der Waals surface area contributed by atoms with Crippen LogP contribution >= 0.6 is 0 Å². The van der Waals surface area contributed by atoms with Gasteiger partial charge >= 0.3 is 6.03 Å². The monoisotopic (exact) mass is 274 g/mol. The Hall–Kier alpha value is -2.04. The molecule has 0 radical (unpaired) electrons. The fraction of sp³-hybridized carbons (Fsp3) is 0.467. The van der Waals surface area contributed by atoms with Gasteiger partial charge in [-0.25, -0.2) is 9.69 Å². The maximum Gasteiger partial charge on any atom is 0.328 e. The van der Waals surface area contributed by atoms with Crippen LogP contribution in [-0.2, 0) is 4.79 Å². The molecule has 0 atom stereocenters. The average Bonchev–Trinajstić information content (AvgIpc) is 2.94. The molecule has 0 unspecified atom stereocenters. The fourth-order valence-corrected chi connectivity index (χ4v) is 3.14. The highest BCUT2D eigenvalue weighted by Crippen LogP contribution is 2.42. The summed E-state index contributed by atoms with van der Waals surface area (Å²) < 4.78 is 5.10. The number of methoxy groups -OCH3 is 1. The highest BCUT2D eigenvalue weighted by molar-refractivity contribution is 6.18. The predicted molar refractivity (Wildman–Crippen MR) is 74.8 cm³/mol. The molecule has 1 spiro atoms. The van der Waals surface area contributed by atoms with Crippen molar-refractivity contribution in [3.05, 3.63) is 24.3 Å². The topological polar surface area (TPSA) is 58.6 Å². The molecular formula is C15H18N2O3. The molecule has 0 bridgehead atoms. The van der Waals surface area contributed by atoms with E-state index in [1.807, 2.05) is 0 Å². The molecule has 20 heavy (non-hydrogen) atoms. The number of urea groups is 1. The fourth-order valence-electron chi connectivity index (χ4n) is 3.14. The molecule has 5 nitrogen and oxygen atoms in total. The summed E-state index contributed by atoms with van der Waals surface area (Å²) in [7, 11) is 1.58. The van der Waals surface area contributed by atoms with Gasteiger partial charge in [0.2, 0.25) is 5.91 Å². The first-order chi connectivity index (χ1) is 9.66. The van der Waals surface area contributed by atoms with E-state index in [-0.39, 0.29) is 11.9 Å². The number of rotatable bonds is 2. The molecule has 0 aromatic heterocycles. The van der Waals surface area contributed by atoms with E-state index in [9.17, 15) is 9.59 Å². The normalized spacial score (nSPS) is 21.1. The second-order valence-corrected chi connectivity index (χ2v) is 5.48. The summed E-state index contributed by atoms with van der Waals surface area (Å²) in [6.07, 6.45) is 3.83. The van der Waals surface area contributed by atoms with Gasteiger partial charge in [0.1, 0.15) is 5.75 Å². The number of imide groups is 1. The van der Waals surface area contributed by atoms with E-state index < -0.39 is 5.41 Å². The van der Waals surface area contributed by atoms with Crippen molar-refractivity contribution in [2.45, 2.75) is 25.7 Å². The number of nitrogens with zero attached hydrogens (tertiary/aromatic N) is 1. The molecule has 2 fully saturated rings. The lowest BCUT2D eigenvalue weighted by molar-refractivity contribution is -0.127. The molecule has 106 valence electrons. The van der Waals surface area contributed by atoms with Crippen LogP contribution in [0.15, 0.2) is 24.3 Å². The van der Waals surface area contributed by atoms with Gasteiger partial charge in [-0.3, -0.25) is 4.79 Å². The molecule has 1 N–H and O–H groups in total. The van der Waals surface area contributed by atoms with E-state index >= 15 is 0 Å². The molecule has 1 aromatic rings. The van der Waals surface area contributed by atoms with Crippen molar-refractivity contribution in [2.24, 2.45) is 5.41 Å². The highest BCUT2D eigenvalue weighted by Gasteiger charge is 2.49. The number of ether oxygens (including phenoxy) is 1. The average molecular weight is 274 g/mol. The molecule has 3 rings (SSSR count). The lowest BCUT2D eigenvalue weighted by Crippen LogP contribution is -2.60. The third-order valence-corrected chi connectivity index (χ3v) is 4.33. The molecule has 5 heteroatoms. The maximum atomic E-state index is 12.7. The summed E-state index contributed by atoms with van der Waals surface area (Å²) >= 11 is 0. The van der Waals surface area contributed by atoms with E-state index in [1.54, 1.807) is 31.4 Å². The molecule has 3 amide bonds. The van der Waals surface area contributed by atoms with Gasteiger partial charge in [-0.2, -0.15) is 0 Å². The zero-order chi connectivity index (χ0) is 14.2. The third-order valence-electron chi connectivity index (χ3n) is 4.33. The second-order valence-electron chi connectivity index (χ2n) is 5.48. The Morgan fingerprint density at radius 1 is 1.15 bits per heavy atom. The van der Waals surface area contributed by atoms with Gasteiger partial charge in [-0.1, -0.05) is 12.8 Å². The number of hydrogen-bond acceptors (Lipinski definition) is 3. The van der Waals surface area contributed by atoms with Crippen molar-refractivity contribution in [2.75, 3.05) is 18.6 Å². The van der Waals surface area contributed by atoms with Crippen LogP contribution in [0.3, 0.4) is 0 Å². The van der Waals surface area contributed by atoms with Crippen molar-refractivity contribution >= 4 is 17.6 Å². The van der Waals surface area contributed by atoms with Crippen molar-refractivity contribution in [1.29, 1.82) is 0 Å². The molecule has 1 saturated carbocycles. The van der Waals surface area contributed by atoms with E-state index in [0.29, 0.717) is 18.0 Å². The lowest BCUT2D eigenvalue weighted by Gasteiger charge is -2.38. The molecule has 1 aliphatic heterocycles. The summed E-state index contributed by atoms with van der Waals surface area (Å²) in [5.41, 5.74) is 0.202. The van der Waals surface area contributed by atoms with Crippen LogP contribution in [0.25, 0.3) is 0 Å². The minimum Gasteiger partial charge on any atom is -0.497 e. The van der Waals surface area contributed by atoms with Crippen LogP contribution in [0, 0.1) is 5.41 Å². The van der Waals surface area contributed by atoms with Crippen molar-refractivity contribution < 1.29 is 14.3 Å². The second kappa shape index (κ2) is 4.81. The number of benzene rings is 1. The van der Waals surface area contributed by atoms with Crippen LogP contribution in [0.1, 0.15) is 25.7 Å². The molecule has 1 aliphatic carbocycles. The number of nitrogens with one attached hydrogen (secondary N) is 1. The lowest BCUT2D eigenvalue weighted by atomic mass is 9.83. The van der Waals surface area contributed by atoms with Crippen LogP contribution in [0.2, 0.25) is 0 Å². The van der Waals surface area contributed by atoms with Gasteiger partial charge in [0.25, 0.3) is 0 Å². The highest BCUT2D eigenvalue weighted by atomic mass is 16.5. The summed E-state index contributed by atoms with van der Waals surface area (Å²) in [4.78, 5) is 26.1. The van der Waals surface area contributed by atoms with Gasteiger partial charge < -0.3 is 10.1 Å². The van der Waals surface area contributed by atoms with Crippen LogP contribution < -0.4 is 15.0 Å². The summed E-state index contributed by atoms with van der Waals surface area (Å²) in [5.74, 6) is 0.637. The summed E-state index contributed by atoms with van der Waals surface area (Å²) in [6.45, 7) is 0.470. The maximum absolute atomic E-state index is 12.7. The van der Waals surface area contributed by atoms with Crippen molar-refractivity contribution in [3.8, 4) is 5.75 Å². The van der Waals surface area contributed by atoms with E-state index in [4.69, 9.17) is 4.74 Å². The van der Waals surface area contributed by atoms with E-state index in [1.165, 1.54) is 4.90 Å². The molecule has 1 saturated heterocycles. The summed E-state index contributed by atoms with van der Waals surface area (Å²) in [6, 6.07) is 6.66. The van der Waals surface area contributed by atoms with Crippen LogP contribution in [-0.4, -0.2) is 25.6 Å². The Kier molecular flexibility index (Phi) is 3.12. The quantitative estimate of drug-likeness (QED) is 0.900. The standard InChI is InChI=1S/C15H18N2O3/c1-20-12-6-4-11(5-7-12)17-13(18)15(8-2-3-9-15)10-16-14(17)19/h4-7H,2-3,8-10H2,1H3,(H,16,19). The number of carbonyl (C=O) groups is 2. The molecule has 1 aromatic carbocycles. The first-order valence-corrected chi connectivity index (χ1v) is 6.93. The first kappa shape index (κ1) is 13.0. The largest absolute Gasteiger partial charge is 0.497 e. The Labute approximate surface area is 117 Å². The van der Waals surface area contributed by atoms with Crippen LogP contribution in [0.5, 0.6) is 5.75 Å². The minimum atomic E-state index is -0.395. The number of anilines is 1. The molecule has 1 heterocycles. The first-order valence-electron chi connectivity index (χ1n) is 6.93. The Morgan fingerprint density at radius 2 is 1.80 bits per heavy atom. The summed E-state index contributed by atoms with van der Waals surface area (Å²) in [5, 5.41) is 2.86. The van der Waals surface area contributed by atoms with Crippen molar-refractivity contribution in [1.82, 2.24) is 5.32 Å². The van der Waals surface area contributed by atoms with Gasteiger partial charge in [0, 0.05) is 6.54 Å². The van der Waals surface area contributed by atoms with Crippen molar-refractivity contribution in [3.63, 3.8) is 0 Å². The zero-order valence-corrected chi connectivity index (χ0v) is 11.5. The van der Waals surface area contributed by atoms with Crippen LogP contribution in [0.4, 0.5) is 10.5 Å². The number of amides is 3. The van der Waals surface area contributed by atoms with E-state index in [0.717, 1.165) is 25.7 Å². The van der Waals surface area contributed by atoms with Gasteiger partial charge in [-0.05, 0) is 37.1 Å².